The Morgan fingerprint density at radius 2 is 1.83 bits per heavy atom. The summed E-state index contributed by atoms with van der Waals surface area (Å²) in [4.78, 5) is 27.3. The summed E-state index contributed by atoms with van der Waals surface area (Å²) < 4.78 is 17.0. The summed E-state index contributed by atoms with van der Waals surface area (Å²) in [6.07, 6.45) is 1.12. The Balaban J connectivity index is 1.52. The highest BCUT2D eigenvalue weighted by molar-refractivity contribution is 6.32. The van der Waals surface area contributed by atoms with Crippen LogP contribution in [-0.2, 0) is 14.3 Å². The molecule has 2 aliphatic rings. The van der Waals surface area contributed by atoms with E-state index in [9.17, 15) is 14.7 Å². The van der Waals surface area contributed by atoms with Crippen molar-refractivity contribution in [2.45, 2.75) is 51.7 Å². The number of aliphatic hydroxyl groups is 1. The predicted molar refractivity (Wildman–Crippen MR) is 131 cm³/mol. The van der Waals surface area contributed by atoms with Crippen molar-refractivity contribution in [3.05, 3.63) is 59.7 Å². The van der Waals surface area contributed by atoms with E-state index in [-0.39, 0.29) is 12.5 Å². The molecule has 0 spiro atoms. The molecule has 7 heteroatoms. The number of methoxy groups -OCH3 is 1. The summed E-state index contributed by atoms with van der Waals surface area (Å²) in [7, 11) is 1.61. The summed E-state index contributed by atoms with van der Waals surface area (Å²) in [6, 6.07) is 15.0. The molecule has 1 aliphatic carbocycles. The van der Waals surface area contributed by atoms with Crippen LogP contribution in [0.4, 0.5) is 0 Å². The summed E-state index contributed by atoms with van der Waals surface area (Å²) >= 11 is 0. The van der Waals surface area contributed by atoms with E-state index in [0.29, 0.717) is 30.6 Å². The van der Waals surface area contributed by atoms with Crippen molar-refractivity contribution in [2.75, 3.05) is 26.8 Å². The third-order valence-electron chi connectivity index (χ3n) is 7.46. The number of carbonyl (C=O) groups excluding carboxylic acids is 2. The van der Waals surface area contributed by atoms with E-state index in [2.05, 4.69) is 0 Å². The zero-order chi connectivity index (χ0) is 25.2. The first kappa shape index (κ1) is 25.0. The average molecular weight is 482 g/mol. The summed E-state index contributed by atoms with van der Waals surface area (Å²) in [6.45, 7) is 6.60. The van der Waals surface area contributed by atoms with Gasteiger partial charge in [0.1, 0.15) is 6.10 Å². The fourth-order valence-electron chi connectivity index (χ4n) is 4.73. The summed E-state index contributed by atoms with van der Waals surface area (Å²) in [5.74, 6) is 0.122. The van der Waals surface area contributed by atoms with Crippen molar-refractivity contribution in [3.63, 3.8) is 0 Å². The minimum Gasteiger partial charge on any atom is -0.493 e. The predicted octanol–water partition coefficient (Wildman–Crippen LogP) is 4.10. The zero-order valence-electron chi connectivity index (χ0n) is 20.9. The van der Waals surface area contributed by atoms with Gasteiger partial charge in [-0.15, -0.1) is 0 Å². The smallest absolute Gasteiger partial charge is 0.397 e. The number of esters is 1. The quantitative estimate of drug-likeness (QED) is 0.451. The number of hydrogen-bond acceptors (Lipinski definition) is 6. The number of rotatable bonds is 8. The second-order valence-corrected chi connectivity index (χ2v) is 10.0. The van der Waals surface area contributed by atoms with Crippen LogP contribution in [0.1, 0.15) is 56.8 Å². The maximum Gasteiger partial charge on any atom is 0.397 e. The molecule has 1 saturated carbocycles. The van der Waals surface area contributed by atoms with Gasteiger partial charge in [0.05, 0.1) is 19.8 Å². The molecule has 2 aromatic rings. The normalized spacial score (nSPS) is 23.5. The van der Waals surface area contributed by atoms with Crippen LogP contribution in [0.25, 0.3) is 0 Å². The second-order valence-electron chi connectivity index (χ2n) is 10.0. The second kappa shape index (κ2) is 10.3. The van der Waals surface area contributed by atoms with Crippen LogP contribution in [0.2, 0.25) is 0 Å². The third-order valence-corrected chi connectivity index (χ3v) is 7.46. The lowest BCUT2D eigenvalue weighted by molar-refractivity contribution is -0.163. The Morgan fingerprint density at radius 1 is 1.11 bits per heavy atom. The van der Waals surface area contributed by atoms with Crippen LogP contribution in [0.3, 0.4) is 0 Å². The van der Waals surface area contributed by atoms with E-state index in [1.807, 2.05) is 55.5 Å². The number of aliphatic hydroxyl groups excluding tert-OH is 1. The molecule has 35 heavy (non-hydrogen) atoms. The number of likely N-dealkylation sites (tertiary alicyclic amines) is 1. The van der Waals surface area contributed by atoms with E-state index >= 15 is 0 Å². The van der Waals surface area contributed by atoms with Crippen molar-refractivity contribution < 1.29 is 28.9 Å². The number of nitrogens with zero attached hydrogens (tertiary/aromatic N) is 1. The van der Waals surface area contributed by atoms with E-state index in [1.165, 1.54) is 17.7 Å². The number of hydrogen-bond donors (Lipinski definition) is 1. The van der Waals surface area contributed by atoms with E-state index in [1.54, 1.807) is 21.0 Å². The van der Waals surface area contributed by atoms with Gasteiger partial charge in [-0.2, -0.15) is 0 Å². The Labute approximate surface area is 207 Å². The van der Waals surface area contributed by atoms with Gasteiger partial charge in [-0.05, 0) is 55.9 Å². The minimum atomic E-state index is -0.891. The molecule has 1 saturated heterocycles. The number of carbonyl (C=O) groups is 2. The van der Waals surface area contributed by atoms with Gasteiger partial charge in [-0.3, -0.25) is 4.79 Å². The largest absolute Gasteiger partial charge is 0.493 e. The molecule has 0 bridgehead atoms. The lowest BCUT2D eigenvalue weighted by Crippen LogP contribution is -2.40. The molecule has 1 N–H and O–H groups in total. The third kappa shape index (κ3) is 5.45. The fourth-order valence-corrected chi connectivity index (χ4v) is 4.73. The maximum absolute atomic E-state index is 13.1. The minimum absolute atomic E-state index is 0.194. The van der Waals surface area contributed by atoms with Crippen LogP contribution >= 0.6 is 0 Å². The van der Waals surface area contributed by atoms with E-state index < -0.39 is 29.5 Å². The molecule has 4 unspecified atom stereocenters. The van der Waals surface area contributed by atoms with Crippen LogP contribution < -0.4 is 9.47 Å². The van der Waals surface area contributed by atoms with Gasteiger partial charge in [-0.25, -0.2) is 4.79 Å². The molecule has 0 radical (unpaired) electrons. The SMILES string of the molecule is COc1ccc(C2CN(C(=O)C(=O)OC(C)c3ccccc3)CC2(C)C(C)O)cc1OCC1CC1. The van der Waals surface area contributed by atoms with Gasteiger partial charge in [-0.1, -0.05) is 43.3 Å². The first-order valence-corrected chi connectivity index (χ1v) is 12.3. The van der Waals surface area contributed by atoms with Crippen molar-refractivity contribution in [2.24, 2.45) is 11.3 Å². The molecular weight excluding hydrogens is 446 g/mol. The van der Waals surface area contributed by atoms with Crippen LogP contribution in [0.15, 0.2) is 48.5 Å². The first-order chi connectivity index (χ1) is 16.7. The highest BCUT2D eigenvalue weighted by Crippen LogP contribution is 2.47. The molecule has 2 fully saturated rings. The Bertz CT molecular complexity index is 1050. The van der Waals surface area contributed by atoms with E-state index in [4.69, 9.17) is 14.2 Å². The lowest BCUT2D eigenvalue weighted by Gasteiger charge is -2.33. The standard InChI is InChI=1S/C28H35NO6/c1-18(21-8-6-5-7-9-21)35-27(32)26(31)29-15-23(28(3,17-29)19(2)30)22-12-13-24(33-4)25(14-22)34-16-20-10-11-20/h5-9,12-14,18-20,23,30H,10-11,15-17H2,1-4H3. The first-order valence-electron chi connectivity index (χ1n) is 12.3. The highest BCUT2D eigenvalue weighted by Gasteiger charge is 2.49. The molecule has 0 aromatic heterocycles. The van der Waals surface area contributed by atoms with Gasteiger partial charge in [0.15, 0.2) is 11.5 Å². The summed E-state index contributed by atoms with van der Waals surface area (Å²) in [5, 5.41) is 10.7. The Morgan fingerprint density at radius 3 is 2.46 bits per heavy atom. The molecule has 4 atom stereocenters. The van der Waals surface area contributed by atoms with Gasteiger partial charge in [0.2, 0.25) is 0 Å². The van der Waals surface area contributed by atoms with Crippen LogP contribution in [-0.4, -0.2) is 54.8 Å². The number of benzene rings is 2. The van der Waals surface area contributed by atoms with Crippen LogP contribution in [0.5, 0.6) is 11.5 Å². The molecule has 188 valence electrons. The topological polar surface area (TPSA) is 85.3 Å². The molecule has 7 nitrogen and oxygen atoms in total. The van der Waals surface area contributed by atoms with Gasteiger partial charge >= 0.3 is 11.9 Å². The molecule has 1 amide bonds. The van der Waals surface area contributed by atoms with E-state index in [0.717, 1.165) is 11.1 Å². The fraction of sp³-hybridized carbons (Fsp3) is 0.500. The zero-order valence-corrected chi connectivity index (χ0v) is 20.9. The van der Waals surface area contributed by atoms with Crippen molar-refractivity contribution >= 4 is 11.9 Å². The lowest BCUT2D eigenvalue weighted by atomic mass is 9.72. The monoisotopic (exact) mass is 481 g/mol. The number of amides is 1. The molecular formula is C28H35NO6. The van der Waals surface area contributed by atoms with Crippen molar-refractivity contribution in [3.8, 4) is 11.5 Å². The highest BCUT2D eigenvalue weighted by atomic mass is 16.5. The molecule has 4 rings (SSSR count). The maximum atomic E-state index is 13.1. The van der Waals surface area contributed by atoms with Crippen molar-refractivity contribution in [1.82, 2.24) is 4.90 Å². The number of ether oxygens (including phenoxy) is 3. The molecule has 1 heterocycles. The van der Waals surface area contributed by atoms with Crippen molar-refractivity contribution in [1.29, 1.82) is 0 Å². The average Bonchev–Trinajstić information content (AvgIpc) is 3.62. The van der Waals surface area contributed by atoms with Gasteiger partial charge in [0.25, 0.3) is 0 Å². The van der Waals surface area contributed by atoms with Crippen LogP contribution in [0, 0.1) is 11.3 Å². The summed E-state index contributed by atoms with van der Waals surface area (Å²) in [5.41, 5.74) is 1.10. The van der Waals surface area contributed by atoms with Gasteiger partial charge < -0.3 is 24.2 Å². The molecule has 1 aliphatic heterocycles. The Hall–Kier alpha value is -3.06. The Kier molecular flexibility index (Phi) is 7.36. The van der Waals surface area contributed by atoms with Gasteiger partial charge in [0, 0.05) is 24.4 Å². The molecule has 2 aromatic carbocycles.